The molecule has 0 aliphatic carbocycles. The Labute approximate surface area is 212 Å². The van der Waals surface area contributed by atoms with Gasteiger partial charge in [0.2, 0.25) is 0 Å². The number of carbonyl (C=O) groups is 3. The third kappa shape index (κ3) is 4.82. The fourth-order valence-corrected chi connectivity index (χ4v) is 3.80. The second kappa shape index (κ2) is 10.4. The predicted molar refractivity (Wildman–Crippen MR) is 136 cm³/mol. The van der Waals surface area contributed by atoms with E-state index >= 15 is 0 Å². The van der Waals surface area contributed by atoms with E-state index in [-0.39, 0.29) is 22.3 Å². The Morgan fingerprint density at radius 2 is 1.50 bits per heavy atom. The van der Waals surface area contributed by atoms with E-state index in [1.54, 1.807) is 60.7 Å². The van der Waals surface area contributed by atoms with Crippen LogP contribution in [0.1, 0.15) is 10.4 Å². The van der Waals surface area contributed by atoms with Crippen LogP contribution in [0.25, 0.3) is 0 Å². The second-order valence-electron chi connectivity index (χ2n) is 7.56. The number of methoxy groups -OCH3 is 3. The molecule has 10 heteroatoms. The van der Waals surface area contributed by atoms with Gasteiger partial charge in [0.25, 0.3) is 17.7 Å². The van der Waals surface area contributed by atoms with Crippen molar-refractivity contribution in [1.82, 2.24) is 0 Å². The summed E-state index contributed by atoms with van der Waals surface area (Å²) in [6.07, 6.45) is 0. The summed E-state index contributed by atoms with van der Waals surface area (Å²) in [6, 6.07) is 18.1. The van der Waals surface area contributed by atoms with Crippen molar-refractivity contribution in [2.45, 2.75) is 0 Å². The van der Waals surface area contributed by atoms with Gasteiger partial charge in [-0.15, -0.1) is 0 Å². The molecular formula is C26H22ClN3O6. The molecule has 0 spiro atoms. The summed E-state index contributed by atoms with van der Waals surface area (Å²) in [7, 11) is 4.43. The van der Waals surface area contributed by atoms with E-state index in [4.69, 9.17) is 25.8 Å². The summed E-state index contributed by atoms with van der Waals surface area (Å²) in [5, 5.41) is 5.37. The van der Waals surface area contributed by atoms with Gasteiger partial charge in [0.05, 0.1) is 27.0 Å². The van der Waals surface area contributed by atoms with Crippen molar-refractivity contribution in [3.05, 3.63) is 83.0 Å². The highest BCUT2D eigenvalue weighted by atomic mass is 35.5. The van der Waals surface area contributed by atoms with Crippen LogP contribution >= 0.6 is 11.6 Å². The van der Waals surface area contributed by atoms with E-state index in [9.17, 15) is 14.4 Å². The standard InChI is InChI=1S/C26H22ClN3O6/c1-34-18-9-5-8-17(13-18)29-24(31)15-6-4-7-16(12-15)28-23-22(27)25(32)30(26(23)33)20-14-19(35-2)10-11-21(20)36-3/h4-14,28H,1-3H3,(H,29,31). The Hall–Kier alpha value is -4.50. The number of carbonyl (C=O) groups excluding carboxylic acids is 3. The van der Waals surface area contributed by atoms with Gasteiger partial charge in [-0.05, 0) is 42.5 Å². The SMILES string of the molecule is COc1cccc(NC(=O)c2cccc(NC3=C(Cl)C(=O)N(c4cc(OC)ccc4OC)C3=O)c2)c1. The van der Waals surface area contributed by atoms with Crippen molar-refractivity contribution in [2.24, 2.45) is 0 Å². The topological polar surface area (TPSA) is 106 Å². The predicted octanol–water partition coefficient (Wildman–Crippen LogP) is 4.40. The summed E-state index contributed by atoms with van der Waals surface area (Å²) in [5.41, 5.74) is 1.33. The molecule has 0 unspecified atom stereocenters. The van der Waals surface area contributed by atoms with Crippen molar-refractivity contribution in [3.63, 3.8) is 0 Å². The van der Waals surface area contributed by atoms with Crippen LogP contribution in [0, 0.1) is 0 Å². The van der Waals surface area contributed by atoms with Gasteiger partial charge in [0, 0.05) is 29.1 Å². The molecule has 0 radical (unpaired) electrons. The minimum Gasteiger partial charge on any atom is -0.497 e. The minimum atomic E-state index is -0.720. The number of hydrogen-bond acceptors (Lipinski definition) is 7. The Balaban J connectivity index is 1.56. The normalized spacial score (nSPS) is 13.1. The van der Waals surface area contributed by atoms with Crippen molar-refractivity contribution >= 4 is 46.4 Å². The monoisotopic (exact) mass is 507 g/mol. The zero-order valence-electron chi connectivity index (χ0n) is 19.6. The van der Waals surface area contributed by atoms with E-state index in [0.29, 0.717) is 34.2 Å². The average molecular weight is 508 g/mol. The molecule has 0 fully saturated rings. The fourth-order valence-electron chi connectivity index (χ4n) is 3.59. The van der Waals surface area contributed by atoms with Gasteiger partial charge < -0.3 is 24.8 Å². The lowest BCUT2D eigenvalue weighted by Crippen LogP contribution is -2.32. The van der Waals surface area contributed by atoms with Gasteiger partial charge in [-0.2, -0.15) is 0 Å². The van der Waals surface area contributed by atoms with Gasteiger partial charge in [-0.25, -0.2) is 4.90 Å². The van der Waals surface area contributed by atoms with Gasteiger partial charge in [0.1, 0.15) is 28.0 Å². The molecule has 1 aliphatic heterocycles. The maximum atomic E-state index is 13.2. The maximum Gasteiger partial charge on any atom is 0.283 e. The zero-order valence-corrected chi connectivity index (χ0v) is 20.4. The van der Waals surface area contributed by atoms with Gasteiger partial charge in [-0.1, -0.05) is 23.7 Å². The number of nitrogens with zero attached hydrogens (tertiary/aromatic N) is 1. The molecule has 0 saturated heterocycles. The summed E-state index contributed by atoms with van der Waals surface area (Å²) >= 11 is 6.27. The Morgan fingerprint density at radius 1 is 0.806 bits per heavy atom. The summed E-state index contributed by atoms with van der Waals surface area (Å²) in [6.45, 7) is 0. The highest BCUT2D eigenvalue weighted by Crippen LogP contribution is 2.38. The van der Waals surface area contributed by atoms with Crippen LogP contribution in [0.3, 0.4) is 0 Å². The highest BCUT2D eigenvalue weighted by Gasteiger charge is 2.40. The molecule has 3 amide bonds. The fraction of sp³-hybridized carbons (Fsp3) is 0.115. The molecule has 184 valence electrons. The first-order valence-electron chi connectivity index (χ1n) is 10.7. The van der Waals surface area contributed by atoms with Crippen LogP contribution in [0.4, 0.5) is 17.1 Å². The number of halogens is 1. The highest BCUT2D eigenvalue weighted by molar-refractivity contribution is 6.53. The van der Waals surface area contributed by atoms with Gasteiger partial charge in [0.15, 0.2) is 0 Å². The number of imide groups is 1. The van der Waals surface area contributed by atoms with Crippen molar-refractivity contribution in [1.29, 1.82) is 0 Å². The Bertz CT molecular complexity index is 1390. The van der Waals surface area contributed by atoms with Crippen LogP contribution < -0.4 is 29.7 Å². The first kappa shape index (κ1) is 24.6. The molecule has 2 N–H and O–H groups in total. The smallest absolute Gasteiger partial charge is 0.283 e. The first-order chi connectivity index (χ1) is 17.4. The number of nitrogens with one attached hydrogen (secondary N) is 2. The van der Waals surface area contributed by atoms with Crippen LogP contribution in [-0.2, 0) is 9.59 Å². The van der Waals surface area contributed by atoms with Crippen LogP contribution in [0.15, 0.2) is 77.5 Å². The average Bonchev–Trinajstić information content (AvgIpc) is 3.11. The molecule has 1 heterocycles. The lowest BCUT2D eigenvalue weighted by molar-refractivity contribution is -0.120. The quantitative estimate of drug-likeness (QED) is 0.435. The molecule has 9 nitrogen and oxygen atoms in total. The van der Waals surface area contributed by atoms with Gasteiger partial charge in [-0.3, -0.25) is 14.4 Å². The van der Waals surface area contributed by atoms with E-state index in [1.165, 1.54) is 27.4 Å². The molecule has 3 aromatic carbocycles. The first-order valence-corrected chi connectivity index (χ1v) is 11.1. The molecule has 3 aromatic rings. The molecule has 4 rings (SSSR count). The lowest BCUT2D eigenvalue weighted by atomic mass is 10.1. The van der Waals surface area contributed by atoms with Crippen molar-refractivity contribution < 1.29 is 28.6 Å². The van der Waals surface area contributed by atoms with Crippen LogP contribution in [0.5, 0.6) is 17.2 Å². The third-order valence-electron chi connectivity index (χ3n) is 5.38. The van der Waals surface area contributed by atoms with Crippen molar-refractivity contribution in [3.8, 4) is 17.2 Å². The molecule has 0 bridgehead atoms. The van der Waals surface area contributed by atoms with E-state index in [2.05, 4.69) is 10.6 Å². The van der Waals surface area contributed by atoms with E-state index < -0.39 is 11.8 Å². The summed E-state index contributed by atoms with van der Waals surface area (Å²) in [5.74, 6) is -0.446. The van der Waals surface area contributed by atoms with E-state index in [0.717, 1.165) is 4.90 Å². The molecule has 1 aliphatic rings. The molecule has 0 aromatic heterocycles. The van der Waals surface area contributed by atoms with Crippen LogP contribution in [0.2, 0.25) is 0 Å². The molecule has 0 atom stereocenters. The Kier molecular flexibility index (Phi) is 7.12. The lowest BCUT2D eigenvalue weighted by Gasteiger charge is -2.19. The number of ether oxygens (including phenoxy) is 3. The van der Waals surface area contributed by atoms with E-state index in [1.807, 2.05) is 0 Å². The zero-order chi connectivity index (χ0) is 25.8. The molecule has 36 heavy (non-hydrogen) atoms. The van der Waals surface area contributed by atoms with Crippen LogP contribution in [-0.4, -0.2) is 39.1 Å². The van der Waals surface area contributed by atoms with Gasteiger partial charge >= 0.3 is 0 Å². The number of hydrogen-bond donors (Lipinski definition) is 2. The third-order valence-corrected chi connectivity index (χ3v) is 5.73. The maximum absolute atomic E-state index is 13.2. The number of rotatable bonds is 8. The minimum absolute atomic E-state index is 0.128. The molecular weight excluding hydrogens is 486 g/mol. The van der Waals surface area contributed by atoms with Crippen molar-refractivity contribution in [2.75, 3.05) is 36.9 Å². The number of benzene rings is 3. The molecule has 0 saturated carbocycles. The summed E-state index contributed by atoms with van der Waals surface area (Å²) < 4.78 is 15.7. The number of amides is 3. The largest absolute Gasteiger partial charge is 0.497 e. The summed E-state index contributed by atoms with van der Waals surface area (Å²) in [4.78, 5) is 39.8. The Morgan fingerprint density at radius 3 is 2.22 bits per heavy atom. The second-order valence-corrected chi connectivity index (χ2v) is 7.94. The number of anilines is 3.